The van der Waals surface area contributed by atoms with Gasteiger partial charge in [-0.25, -0.2) is 9.78 Å². The number of aromatic nitrogens is 1. The van der Waals surface area contributed by atoms with E-state index in [1.165, 1.54) is 9.88 Å². The molecule has 0 spiro atoms. The molecule has 0 aliphatic carbocycles. The van der Waals surface area contributed by atoms with Gasteiger partial charge in [0.1, 0.15) is 0 Å². The van der Waals surface area contributed by atoms with E-state index in [1.54, 1.807) is 11.3 Å². The molecule has 2 heterocycles. The lowest BCUT2D eigenvalue weighted by Gasteiger charge is -2.20. The minimum atomic E-state index is 0.0525. The fourth-order valence-electron chi connectivity index (χ4n) is 2.79. The van der Waals surface area contributed by atoms with Crippen molar-refractivity contribution in [2.75, 3.05) is 19.6 Å². The molecule has 1 saturated heterocycles. The Kier molecular flexibility index (Phi) is 5.58. The minimum Gasteiger partial charge on any atom is -0.338 e. The SMILES string of the molecule is CCNC(=O)N1CCC(NC(C)c2sc(CC)nc2C)C1. The highest BCUT2D eigenvalue weighted by Gasteiger charge is 2.27. The number of carbonyl (C=O) groups is 1. The van der Waals surface area contributed by atoms with Gasteiger partial charge in [0.05, 0.1) is 10.7 Å². The zero-order valence-electron chi connectivity index (χ0n) is 13.4. The Hall–Kier alpha value is -1.14. The van der Waals surface area contributed by atoms with E-state index in [-0.39, 0.29) is 6.03 Å². The van der Waals surface area contributed by atoms with E-state index in [2.05, 4.69) is 36.4 Å². The van der Waals surface area contributed by atoms with Crippen LogP contribution in [0.4, 0.5) is 4.79 Å². The first kappa shape index (κ1) is 16.2. The predicted octanol–water partition coefficient (Wildman–Crippen LogP) is 2.47. The van der Waals surface area contributed by atoms with Gasteiger partial charge >= 0.3 is 6.03 Å². The summed E-state index contributed by atoms with van der Waals surface area (Å²) in [6.45, 7) is 10.7. The van der Waals surface area contributed by atoms with Crippen LogP contribution in [0.5, 0.6) is 0 Å². The van der Waals surface area contributed by atoms with E-state index in [9.17, 15) is 4.79 Å². The maximum atomic E-state index is 11.8. The lowest BCUT2D eigenvalue weighted by Crippen LogP contribution is -2.41. The van der Waals surface area contributed by atoms with Crippen molar-refractivity contribution >= 4 is 17.4 Å². The van der Waals surface area contributed by atoms with Crippen molar-refractivity contribution in [2.24, 2.45) is 0 Å². The van der Waals surface area contributed by atoms with Crippen molar-refractivity contribution in [2.45, 2.75) is 52.6 Å². The quantitative estimate of drug-likeness (QED) is 0.878. The van der Waals surface area contributed by atoms with Crippen LogP contribution < -0.4 is 10.6 Å². The van der Waals surface area contributed by atoms with Crippen LogP contribution in [-0.4, -0.2) is 41.6 Å². The molecular weight excluding hydrogens is 284 g/mol. The third-order valence-corrected chi connectivity index (χ3v) is 5.35. The van der Waals surface area contributed by atoms with Gasteiger partial charge in [-0.3, -0.25) is 0 Å². The average Bonchev–Trinajstić information content (AvgIpc) is 3.05. The van der Waals surface area contributed by atoms with Crippen molar-refractivity contribution in [3.05, 3.63) is 15.6 Å². The number of amides is 2. The Morgan fingerprint density at radius 1 is 1.52 bits per heavy atom. The Bertz CT molecular complexity index is 488. The topological polar surface area (TPSA) is 57.3 Å². The summed E-state index contributed by atoms with van der Waals surface area (Å²) in [5.74, 6) is 0. The molecule has 1 aromatic rings. The van der Waals surface area contributed by atoms with Gasteiger partial charge in [-0.1, -0.05) is 6.92 Å². The summed E-state index contributed by atoms with van der Waals surface area (Å²) < 4.78 is 0. The third-order valence-electron chi connectivity index (χ3n) is 3.86. The molecule has 0 radical (unpaired) electrons. The van der Waals surface area contributed by atoms with Crippen LogP contribution in [0.3, 0.4) is 0 Å². The number of rotatable bonds is 5. The van der Waals surface area contributed by atoms with Crippen LogP contribution in [-0.2, 0) is 6.42 Å². The highest BCUT2D eigenvalue weighted by molar-refractivity contribution is 7.11. The minimum absolute atomic E-state index is 0.0525. The van der Waals surface area contributed by atoms with Gasteiger partial charge in [-0.2, -0.15) is 0 Å². The third kappa shape index (κ3) is 3.95. The van der Waals surface area contributed by atoms with Gasteiger partial charge < -0.3 is 15.5 Å². The van der Waals surface area contributed by atoms with Crippen molar-refractivity contribution in [3.63, 3.8) is 0 Å². The molecule has 6 heteroatoms. The molecule has 2 N–H and O–H groups in total. The van der Waals surface area contributed by atoms with Crippen LogP contribution in [0, 0.1) is 6.92 Å². The van der Waals surface area contributed by atoms with Crippen molar-refractivity contribution in [1.29, 1.82) is 0 Å². The van der Waals surface area contributed by atoms with E-state index >= 15 is 0 Å². The second kappa shape index (κ2) is 7.22. The van der Waals surface area contributed by atoms with Crippen LogP contribution >= 0.6 is 11.3 Å². The number of carbonyl (C=O) groups excluding carboxylic acids is 1. The fourth-order valence-corrected chi connectivity index (χ4v) is 3.81. The number of thiazole rings is 1. The summed E-state index contributed by atoms with van der Waals surface area (Å²) in [5.41, 5.74) is 1.13. The van der Waals surface area contributed by atoms with Crippen LogP contribution in [0.2, 0.25) is 0 Å². The molecule has 0 aromatic carbocycles. The Morgan fingerprint density at radius 3 is 2.90 bits per heavy atom. The molecule has 2 atom stereocenters. The molecule has 2 amide bonds. The smallest absolute Gasteiger partial charge is 0.317 e. The van der Waals surface area contributed by atoms with Gasteiger partial charge in [0.25, 0.3) is 0 Å². The number of likely N-dealkylation sites (tertiary alicyclic amines) is 1. The molecular formula is C15H26N4OS. The molecule has 1 aliphatic rings. The largest absolute Gasteiger partial charge is 0.338 e. The molecule has 1 aromatic heterocycles. The van der Waals surface area contributed by atoms with Crippen LogP contribution in [0.1, 0.15) is 48.8 Å². The Balaban J connectivity index is 1.90. The van der Waals surface area contributed by atoms with E-state index in [0.29, 0.717) is 18.6 Å². The lowest BCUT2D eigenvalue weighted by molar-refractivity contribution is 0.208. The first-order valence-electron chi connectivity index (χ1n) is 7.80. The molecule has 21 heavy (non-hydrogen) atoms. The summed E-state index contributed by atoms with van der Waals surface area (Å²) in [4.78, 5) is 19.6. The fraction of sp³-hybridized carbons (Fsp3) is 0.733. The van der Waals surface area contributed by atoms with E-state index < -0.39 is 0 Å². The zero-order valence-corrected chi connectivity index (χ0v) is 14.2. The molecule has 1 fully saturated rings. The number of nitrogens with zero attached hydrogens (tertiary/aromatic N) is 2. The molecule has 1 aliphatic heterocycles. The normalized spacial score (nSPS) is 19.8. The summed E-state index contributed by atoms with van der Waals surface area (Å²) in [6.07, 6.45) is 2.01. The molecule has 5 nitrogen and oxygen atoms in total. The van der Waals surface area contributed by atoms with Gasteiger partial charge in [-0.15, -0.1) is 11.3 Å². The molecule has 2 unspecified atom stereocenters. The van der Waals surface area contributed by atoms with Crippen LogP contribution in [0.15, 0.2) is 0 Å². The standard InChI is InChI=1S/C15H26N4OS/c1-5-13-18-11(4)14(21-13)10(3)17-12-7-8-19(9-12)15(20)16-6-2/h10,12,17H,5-9H2,1-4H3,(H,16,20). The first-order valence-corrected chi connectivity index (χ1v) is 8.61. The highest BCUT2D eigenvalue weighted by Crippen LogP contribution is 2.26. The second-order valence-electron chi connectivity index (χ2n) is 5.57. The monoisotopic (exact) mass is 310 g/mol. The maximum Gasteiger partial charge on any atom is 0.317 e. The van der Waals surface area contributed by atoms with Gasteiger partial charge in [0.2, 0.25) is 0 Å². The molecule has 0 saturated carbocycles. The molecule has 0 bridgehead atoms. The number of urea groups is 1. The lowest BCUT2D eigenvalue weighted by atomic mass is 10.2. The summed E-state index contributed by atoms with van der Waals surface area (Å²) in [5, 5.41) is 7.71. The van der Waals surface area contributed by atoms with Gasteiger partial charge in [0.15, 0.2) is 0 Å². The van der Waals surface area contributed by atoms with Gasteiger partial charge in [-0.05, 0) is 33.6 Å². The van der Waals surface area contributed by atoms with E-state index in [4.69, 9.17) is 0 Å². The average molecular weight is 310 g/mol. The molecule has 118 valence electrons. The Labute approximate surface area is 131 Å². The Morgan fingerprint density at radius 2 is 2.29 bits per heavy atom. The highest BCUT2D eigenvalue weighted by atomic mass is 32.1. The summed E-state index contributed by atoms with van der Waals surface area (Å²) in [7, 11) is 0. The summed E-state index contributed by atoms with van der Waals surface area (Å²) >= 11 is 1.80. The number of nitrogens with one attached hydrogen (secondary N) is 2. The molecule has 2 rings (SSSR count). The predicted molar refractivity (Wildman–Crippen MR) is 86.8 cm³/mol. The van der Waals surface area contributed by atoms with E-state index in [1.807, 2.05) is 11.8 Å². The number of hydrogen-bond acceptors (Lipinski definition) is 4. The van der Waals surface area contributed by atoms with Crippen molar-refractivity contribution in [1.82, 2.24) is 20.5 Å². The number of aryl methyl sites for hydroxylation is 2. The first-order chi connectivity index (χ1) is 10.0. The maximum absolute atomic E-state index is 11.8. The van der Waals surface area contributed by atoms with Crippen molar-refractivity contribution < 1.29 is 4.79 Å². The van der Waals surface area contributed by atoms with E-state index in [0.717, 1.165) is 31.6 Å². The zero-order chi connectivity index (χ0) is 15.4. The van der Waals surface area contributed by atoms with Crippen molar-refractivity contribution in [3.8, 4) is 0 Å². The summed E-state index contributed by atoms with van der Waals surface area (Å²) in [6, 6.07) is 0.716. The van der Waals surface area contributed by atoms with Crippen LogP contribution in [0.25, 0.3) is 0 Å². The van der Waals surface area contributed by atoms with Gasteiger partial charge in [0, 0.05) is 36.6 Å². The second-order valence-corrected chi connectivity index (χ2v) is 6.68. The number of hydrogen-bond donors (Lipinski definition) is 2.